The number of unbranched alkanes of at least 4 members (excludes halogenated alkanes) is 2. The highest BCUT2D eigenvalue weighted by atomic mass is 32.1. The number of nitrogens with two attached hydrogens (primary N) is 6. The van der Waals surface area contributed by atoms with Gasteiger partial charge < -0.3 is 144 Å². The Balaban J connectivity index is 1.30. The first kappa shape index (κ1) is 113. The van der Waals surface area contributed by atoms with Gasteiger partial charge in [0.2, 0.25) is 94.5 Å². The van der Waals surface area contributed by atoms with Crippen molar-refractivity contribution in [2.75, 3.05) is 52.5 Å². The van der Waals surface area contributed by atoms with Crippen molar-refractivity contribution in [3.8, 4) is 5.75 Å². The first-order valence-electron chi connectivity index (χ1n) is 45.3. The number of aromatic amines is 2. The molecule has 47 heteroatoms. The van der Waals surface area contributed by atoms with Gasteiger partial charge in [0.1, 0.15) is 84.9 Å². The third kappa shape index (κ3) is 39.2. The Morgan fingerprint density at radius 3 is 1.26 bits per heavy atom. The quantitative estimate of drug-likeness (QED) is 0.00750. The fourth-order valence-corrected chi connectivity index (χ4v) is 15.0. The number of aromatic hydroxyl groups is 1. The second-order valence-electron chi connectivity index (χ2n) is 34.5. The number of amides is 16. The molecule has 138 heavy (non-hydrogen) atoms. The Hall–Kier alpha value is -13.6. The fourth-order valence-electron chi connectivity index (χ4n) is 14.7. The van der Waals surface area contributed by atoms with Gasteiger partial charge in [-0.05, 0) is 165 Å². The molecular weight excluding hydrogens is 1830 g/mol. The molecule has 0 saturated heterocycles. The van der Waals surface area contributed by atoms with Crippen molar-refractivity contribution in [1.82, 2.24) is 95.0 Å². The number of fused-ring (bicyclic) bond motifs is 2. The summed E-state index contributed by atoms with van der Waals surface area (Å²) in [4.78, 5) is 233. The standard InChI is InChI=1S/C91H134N26O19S2/c1-50(118)73(116-80(128)64(29-19-39-102-89(98)99)111-86(134)74(90(3,4)137)106-51(2)119)85(133)114-69(45-55-47-104-60-25-13-11-23-58(55)60)84(132)110-65(34-35-70(94)121)81(129)117-75(91(5,6)138)87(135)115-67(43-53-30-32-56(120)33-31-53)82(130)113-68(44-54-46-103-59-24-12-10-22-57(54)59)83(131)109-63(28-18-38-101-88(96)97)78(126)108-62(27-15-17-37-93)79(127)112-66(42-52-20-8-7-9-21-52)77(125)105-48-71(122)100-40-41-136-49-72(123)107-61(76(95)124)26-14-16-36-92/h7-13,20-25,30-33,46-47,50,61-69,73-75,103-104,118,120,137-138H,14-19,26-29,34-45,48-49,92-93H2,1-6H3,(H2,94,121)(H2,95,124)(H,100,122)(H,105,125)(H,106,119)(H,107,123)(H,108,126)(H,109,131)(H,110,132)(H,111,134)(H,112,127)(H,113,130)(H,114,133)(H,115,135)(H,116,128)(H,117,129)(H4,96,97,101)(H4,98,99,102)/t50-,61-,62+,63+,64+,65+,66+,67+,68+,69+,73+,74-,75-/m1/s1. The Morgan fingerprint density at radius 1 is 0.413 bits per heavy atom. The Kier molecular flexibility index (Phi) is 46.5. The van der Waals surface area contributed by atoms with Crippen molar-refractivity contribution >= 4 is 153 Å². The largest absolute Gasteiger partial charge is 0.508 e. The number of H-pyrrole nitrogens is 2. The zero-order chi connectivity index (χ0) is 102. The molecule has 0 spiro atoms. The number of aromatic nitrogens is 2. The molecule has 0 aliphatic heterocycles. The third-order valence-corrected chi connectivity index (χ3v) is 22.5. The molecule has 0 unspecified atom stereocenters. The average molecular weight is 1960 g/mol. The molecule has 16 amide bonds. The molecule has 0 aliphatic carbocycles. The van der Waals surface area contributed by atoms with Gasteiger partial charge in [-0.1, -0.05) is 78.9 Å². The number of para-hydroxylation sites is 2. The van der Waals surface area contributed by atoms with Crippen molar-refractivity contribution in [3.05, 3.63) is 138 Å². The van der Waals surface area contributed by atoms with Crippen LogP contribution in [0.5, 0.6) is 5.75 Å². The topological polar surface area (TPSA) is 751 Å². The maximum atomic E-state index is 15.6. The molecule has 4 aromatic carbocycles. The van der Waals surface area contributed by atoms with Crippen LogP contribution in [-0.4, -0.2) is 267 Å². The average Bonchev–Trinajstić information content (AvgIpc) is 1.59. The Morgan fingerprint density at radius 2 is 0.804 bits per heavy atom. The highest BCUT2D eigenvalue weighted by Crippen LogP contribution is 2.25. The fraction of sp³-hybridized carbons (Fsp3) is 0.495. The van der Waals surface area contributed by atoms with Crippen molar-refractivity contribution in [3.63, 3.8) is 0 Å². The summed E-state index contributed by atoms with van der Waals surface area (Å²) in [5.41, 5.74) is 36.8. The summed E-state index contributed by atoms with van der Waals surface area (Å²) in [6.07, 6.45) is 0.774. The summed E-state index contributed by atoms with van der Waals surface area (Å²) in [5.74, 6) is -15.7. The number of phenols is 1. The van der Waals surface area contributed by atoms with Crippen LogP contribution in [0.4, 0.5) is 0 Å². The van der Waals surface area contributed by atoms with Crippen LogP contribution in [-0.2, 0) is 107 Å². The number of carbonyl (C=O) groups is 16. The lowest BCUT2D eigenvalue weighted by molar-refractivity contribution is -0.137. The molecule has 45 nitrogen and oxygen atoms in total. The third-order valence-electron chi connectivity index (χ3n) is 22.0. The number of hydrogen-bond donors (Lipinski definition) is 30. The van der Waals surface area contributed by atoms with E-state index in [2.05, 4.69) is 108 Å². The van der Waals surface area contributed by atoms with E-state index >= 15 is 28.8 Å². The van der Waals surface area contributed by atoms with E-state index in [1.807, 2.05) is 0 Å². The minimum Gasteiger partial charge on any atom is -0.508 e. The first-order chi connectivity index (χ1) is 65.3. The van der Waals surface area contributed by atoms with E-state index in [1.165, 1.54) is 58.9 Å². The number of rotatable bonds is 61. The van der Waals surface area contributed by atoms with Crippen molar-refractivity contribution in [2.45, 2.75) is 232 Å². The van der Waals surface area contributed by atoms with Crippen LogP contribution >= 0.6 is 25.3 Å². The Labute approximate surface area is 809 Å². The molecule has 0 bridgehead atoms. The van der Waals surface area contributed by atoms with E-state index in [1.54, 1.807) is 91.3 Å². The predicted octanol–water partition coefficient (Wildman–Crippen LogP) is -3.96. The van der Waals surface area contributed by atoms with E-state index in [-0.39, 0.29) is 103 Å². The number of ether oxygens (including phenoxy) is 1. The number of guanidine groups is 2. The van der Waals surface area contributed by atoms with Crippen LogP contribution in [0.2, 0.25) is 0 Å². The van der Waals surface area contributed by atoms with E-state index in [9.17, 15) is 58.2 Å². The SMILES string of the molecule is CC(=O)N[C@H](C(=O)N[C@@H](CCCNC(=N)N)C(=O)N[C@H](C(=O)N[C@@H](Cc1c[nH]c2ccccc12)C(=O)N[C@@H](CCC(N)=O)C(=O)N[C@H](C(=O)N[C@@H](Cc1ccc(O)cc1)C(=O)N[C@@H](Cc1c[nH]c2ccccc12)C(=O)N[C@@H](CCCNC(=N)N)C(=O)N[C@@H](CCCCN)C(=O)N[C@@H](Cc1ccccc1)C(=O)NCC(=O)NCCOCC(=O)N[C@H](CCCCN)C(N)=O)C(C)(C)S)[C@@H](C)O)C(C)(C)S. The van der Waals surface area contributed by atoms with Crippen LogP contribution in [0, 0.1) is 10.8 Å². The van der Waals surface area contributed by atoms with Gasteiger partial charge >= 0.3 is 0 Å². The maximum absolute atomic E-state index is 15.6. The van der Waals surface area contributed by atoms with Gasteiger partial charge in [0, 0.05) is 102 Å². The summed E-state index contributed by atoms with van der Waals surface area (Å²) in [7, 11) is 0. The number of primary amides is 2. The molecule has 0 saturated carbocycles. The van der Waals surface area contributed by atoms with Crippen LogP contribution in [0.1, 0.15) is 141 Å². The molecule has 6 rings (SSSR count). The summed E-state index contributed by atoms with van der Waals surface area (Å²) in [6.45, 7) is 7.51. The molecular formula is C91H134N26O19S2. The summed E-state index contributed by atoms with van der Waals surface area (Å²) in [6, 6.07) is 9.11. The van der Waals surface area contributed by atoms with Gasteiger partial charge in [0.25, 0.3) is 0 Å². The second kappa shape index (κ2) is 56.8. The second-order valence-corrected chi connectivity index (χ2v) is 36.8. The lowest BCUT2D eigenvalue weighted by Crippen LogP contribution is -2.64. The molecule has 2 aromatic heterocycles. The first-order valence-corrected chi connectivity index (χ1v) is 46.2. The minimum absolute atomic E-state index is 0.0167. The number of aliphatic hydroxyl groups is 1. The van der Waals surface area contributed by atoms with Crippen LogP contribution in [0.15, 0.2) is 116 Å². The van der Waals surface area contributed by atoms with Gasteiger partial charge in [-0.15, -0.1) is 0 Å². The highest BCUT2D eigenvalue weighted by Gasteiger charge is 2.42. The zero-order valence-electron chi connectivity index (χ0n) is 78.1. The normalized spacial score (nSPS) is 14.2. The van der Waals surface area contributed by atoms with Crippen molar-refractivity contribution in [1.29, 1.82) is 10.8 Å². The van der Waals surface area contributed by atoms with E-state index in [0.29, 0.717) is 69.9 Å². The van der Waals surface area contributed by atoms with Gasteiger partial charge in [0.05, 0.1) is 19.3 Å². The van der Waals surface area contributed by atoms with Crippen molar-refractivity contribution < 1.29 is 91.7 Å². The number of hydrogen-bond acceptors (Lipinski definition) is 25. The lowest BCUT2D eigenvalue weighted by Gasteiger charge is -2.33. The van der Waals surface area contributed by atoms with Gasteiger partial charge in [-0.25, -0.2) is 0 Å². The molecule has 0 radical (unpaired) electrons. The molecule has 2 heterocycles. The number of phenolic OH excluding ortho intramolecular Hbond substituents is 1. The minimum atomic E-state index is -1.90. The molecule has 754 valence electrons. The van der Waals surface area contributed by atoms with Crippen molar-refractivity contribution in [2.24, 2.45) is 34.4 Å². The Bertz CT molecular complexity index is 5150. The molecule has 13 atom stereocenters. The summed E-state index contributed by atoms with van der Waals surface area (Å²) >= 11 is 9.25. The zero-order valence-corrected chi connectivity index (χ0v) is 79.9. The summed E-state index contributed by atoms with van der Waals surface area (Å²) in [5, 5.41) is 80.3. The number of carbonyl (C=O) groups excluding carboxylic acids is 16. The van der Waals surface area contributed by atoms with E-state index < -0.39 is 227 Å². The smallest absolute Gasteiger partial charge is 0.246 e. The van der Waals surface area contributed by atoms with Crippen LogP contribution in [0.25, 0.3) is 21.8 Å². The van der Waals surface area contributed by atoms with Gasteiger partial charge in [-0.3, -0.25) is 87.5 Å². The summed E-state index contributed by atoms with van der Waals surface area (Å²) < 4.78 is 2.55. The molecule has 34 N–H and O–H groups in total. The van der Waals surface area contributed by atoms with Gasteiger partial charge in [-0.2, -0.15) is 25.3 Å². The predicted molar refractivity (Wildman–Crippen MR) is 521 cm³/mol. The van der Waals surface area contributed by atoms with Crippen LogP contribution < -0.4 is 119 Å². The number of thiol groups is 2. The van der Waals surface area contributed by atoms with Crippen LogP contribution in [0.3, 0.4) is 0 Å². The maximum Gasteiger partial charge on any atom is 0.246 e. The number of nitrogens with one attached hydrogen (secondary N) is 20. The molecule has 0 aliphatic rings. The van der Waals surface area contributed by atoms with E-state index in [0.717, 1.165) is 6.92 Å². The molecule has 6 aromatic rings. The number of benzene rings is 4. The van der Waals surface area contributed by atoms with E-state index in [4.69, 9.17) is 62.6 Å². The van der Waals surface area contributed by atoms with Gasteiger partial charge in [0.15, 0.2) is 11.9 Å². The highest BCUT2D eigenvalue weighted by molar-refractivity contribution is 7.82. The number of aliphatic hydroxyl groups excluding tert-OH is 1. The lowest BCUT2D eigenvalue weighted by atomic mass is 9.98. The monoisotopic (exact) mass is 1960 g/mol. The molecule has 0 fully saturated rings.